The summed E-state index contributed by atoms with van der Waals surface area (Å²) in [5.74, 6) is -1.01. The zero-order chi connectivity index (χ0) is 21.2. The smallest absolute Gasteiger partial charge is 0.273 e. The van der Waals surface area contributed by atoms with Crippen LogP contribution in [0.25, 0.3) is 0 Å². The summed E-state index contributed by atoms with van der Waals surface area (Å²) in [6.07, 6.45) is 3.05. The van der Waals surface area contributed by atoms with E-state index in [1.54, 1.807) is 12.1 Å². The van der Waals surface area contributed by atoms with Gasteiger partial charge >= 0.3 is 0 Å². The van der Waals surface area contributed by atoms with Crippen LogP contribution >= 0.6 is 27.5 Å². The first-order valence-electron chi connectivity index (χ1n) is 8.57. The molecule has 1 saturated carbocycles. The number of H-pyrrole nitrogens is 1. The van der Waals surface area contributed by atoms with E-state index in [-0.39, 0.29) is 29.1 Å². The molecule has 29 heavy (non-hydrogen) atoms. The van der Waals surface area contributed by atoms with Crippen molar-refractivity contribution in [1.82, 2.24) is 14.7 Å². The van der Waals surface area contributed by atoms with Crippen LogP contribution in [-0.2, 0) is 15.8 Å². The molecule has 2 aromatic heterocycles. The second-order valence-electron chi connectivity index (χ2n) is 7.07. The van der Waals surface area contributed by atoms with E-state index in [4.69, 9.17) is 11.6 Å². The number of halogens is 4. The van der Waals surface area contributed by atoms with E-state index in [1.807, 2.05) is 0 Å². The standard InChI is InChI=1S/C17H18BrClF2N4O3S/c18-13-3-11(1-2-22-13)24-16(26)15-14(19)10(6-23-15)7-29(27,28)25-12-4-17(5-12,8-20)9-21/h1-3,6,12,23,25H,4-5,7-9H2,(H,22,24,26). The topological polar surface area (TPSA) is 104 Å². The van der Waals surface area contributed by atoms with E-state index < -0.39 is 46.5 Å². The van der Waals surface area contributed by atoms with Crippen molar-refractivity contribution in [3.63, 3.8) is 0 Å². The summed E-state index contributed by atoms with van der Waals surface area (Å²) in [4.78, 5) is 19.0. The predicted molar refractivity (Wildman–Crippen MR) is 109 cm³/mol. The highest BCUT2D eigenvalue weighted by Crippen LogP contribution is 2.42. The maximum atomic E-state index is 12.9. The van der Waals surface area contributed by atoms with Gasteiger partial charge in [-0.25, -0.2) is 18.1 Å². The van der Waals surface area contributed by atoms with Crippen molar-refractivity contribution < 1.29 is 22.0 Å². The molecule has 0 aliphatic heterocycles. The molecule has 1 aliphatic rings. The van der Waals surface area contributed by atoms with Crippen molar-refractivity contribution in [2.24, 2.45) is 5.41 Å². The van der Waals surface area contributed by atoms with Crippen LogP contribution in [0.3, 0.4) is 0 Å². The SMILES string of the molecule is O=C(Nc1ccnc(Br)c1)c1[nH]cc(CS(=O)(=O)NC2CC(CF)(CF)C2)c1Cl. The molecule has 1 amide bonds. The van der Waals surface area contributed by atoms with Crippen LogP contribution in [0.5, 0.6) is 0 Å². The number of hydrogen-bond acceptors (Lipinski definition) is 4. The van der Waals surface area contributed by atoms with Gasteiger partial charge in [-0.3, -0.25) is 13.6 Å². The normalized spacial score (nSPS) is 16.4. The fourth-order valence-corrected chi connectivity index (χ4v) is 5.31. The van der Waals surface area contributed by atoms with Gasteiger partial charge in [0, 0.05) is 35.1 Å². The highest BCUT2D eigenvalue weighted by Gasteiger charge is 2.46. The maximum absolute atomic E-state index is 12.9. The number of hydrogen-bond donors (Lipinski definition) is 3. The van der Waals surface area contributed by atoms with Crippen LogP contribution in [-0.4, -0.2) is 43.7 Å². The highest BCUT2D eigenvalue weighted by molar-refractivity contribution is 9.10. The predicted octanol–water partition coefficient (Wildman–Crippen LogP) is 3.59. The molecule has 1 aliphatic carbocycles. The number of pyridine rings is 1. The number of rotatable bonds is 8. The fourth-order valence-electron chi connectivity index (χ4n) is 3.21. The third kappa shape index (κ3) is 5.14. The van der Waals surface area contributed by atoms with Gasteiger partial charge in [0.2, 0.25) is 10.0 Å². The lowest BCUT2D eigenvalue weighted by molar-refractivity contribution is 0.0334. The third-order valence-electron chi connectivity index (χ3n) is 4.72. The van der Waals surface area contributed by atoms with Crippen LogP contribution in [0, 0.1) is 5.41 Å². The van der Waals surface area contributed by atoms with E-state index in [0.29, 0.717) is 10.3 Å². The molecular formula is C17H18BrClF2N4O3S. The third-order valence-corrected chi connectivity index (χ3v) is 6.97. The number of carbonyl (C=O) groups excluding carboxylic acids is 1. The van der Waals surface area contributed by atoms with Gasteiger partial charge in [0.15, 0.2) is 0 Å². The minimum atomic E-state index is -3.81. The number of aromatic nitrogens is 2. The summed E-state index contributed by atoms with van der Waals surface area (Å²) in [6.45, 7) is -1.64. The molecule has 2 aromatic rings. The molecule has 0 saturated heterocycles. The summed E-state index contributed by atoms with van der Waals surface area (Å²) >= 11 is 9.39. The number of alkyl halides is 2. The summed E-state index contributed by atoms with van der Waals surface area (Å²) < 4.78 is 53.4. The van der Waals surface area contributed by atoms with Crippen molar-refractivity contribution in [2.75, 3.05) is 18.7 Å². The van der Waals surface area contributed by atoms with Gasteiger partial charge in [-0.2, -0.15) is 0 Å². The van der Waals surface area contributed by atoms with Crippen LogP contribution in [0.1, 0.15) is 28.9 Å². The average Bonchev–Trinajstić information content (AvgIpc) is 2.98. The molecule has 1 fully saturated rings. The summed E-state index contributed by atoms with van der Waals surface area (Å²) in [7, 11) is -3.81. The summed E-state index contributed by atoms with van der Waals surface area (Å²) in [6, 6.07) is 2.66. The number of sulfonamides is 1. The number of aromatic amines is 1. The Morgan fingerprint density at radius 1 is 1.38 bits per heavy atom. The lowest BCUT2D eigenvalue weighted by Gasteiger charge is -2.44. The molecule has 2 heterocycles. The van der Waals surface area contributed by atoms with Gasteiger partial charge < -0.3 is 10.3 Å². The number of anilines is 1. The Bertz CT molecular complexity index is 1010. The van der Waals surface area contributed by atoms with E-state index in [2.05, 4.69) is 35.9 Å². The molecule has 158 valence electrons. The first-order valence-corrected chi connectivity index (χ1v) is 11.4. The van der Waals surface area contributed by atoms with Gasteiger partial charge in [0.1, 0.15) is 10.3 Å². The Balaban J connectivity index is 1.64. The van der Waals surface area contributed by atoms with Gasteiger partial charge in [-0.05, 0) is 40.9 Å². The minimum Gasteiger partial charge on any atom is -0.356 e. The Morgan fingerprint density at radius 3 is 2.69 bits per heavy atom. The van der Waals surface area contributed by atoms with Crippen molar-refractivity contribution >= 4 is 49.1 Å². The molecule has 3 N–H and O–H groups in total. The van der Waals surface area contributed by atoms with Crippen LogP contribution < -0.4 is 10.0 Å². The first-order chi connectivity index (χ1) is 13.7. The summed E-state index contributed by atoms with van der Waals surface area (Å²) in [5, 5.41) is 2.61. The molecule has 12 heteroatoms. The number of nitrogens with zero attached hydrogens (tertiary/aromatic N) is 1. The monoisotopic (exact) mass is 510 g/mol. The molecule has 7 nitrogen and oxygen atoms in total. The quantitative estimate of drug-likeness (QED) is 0.471. The van der Waals surface area contributed by atoms with Gasteiger partial charge in [-0.1, -0.05) is 11.6 Å². The van der Waals surface area contributed by atoms with Crippen molar-refractivity contribution in [3.8, 4) is 0 Å². The van der Waals surface area contributed by atoms with E-state index >= 15 is 0 Å². The molecule has 0 atom stereocenters. The summed E-state index contributed by atoms with van der Waals surface area (Å²) in [5.41, 5.74) is -0.372. The van der Waals surface area contributed by atoms with Gasteiger partial charge in [0.25, 0.3) is 5.91 Å². The van der Waals surface area contributed by atoms with Crippen LogP contribution in [0.2, 0.25) is 5.02 Å². The van der Waals surface area contributed by atoms with E-state index in [1.165, 1.54) is 12.4 Å². The molecule has 0 unspecified atom stereocenters. The lowest BCUT2D eigenvalue weighted by atomic mass is 9.67. The first kappa shape index (κ1) is 22.1. The molecule has 3 rings (SSSR count). The van der Waals surface area contributed by atoms with Crippen LogP contribution in [0.4, 0.5) is 14.5 Å². The molecule has 0 radical (unpaired) electrons. The van der Waals surface area contributed by atoms with E-state index in [0.717, 1.165) is 0 Å². The fraction of sp³-hybridized carbons (Fsp3) is 0.412. The lowest BCUT2D eigenvalue weighted by Crippen LogP contribution is -2.53. The molecule has 0 spiro atoms. The Hall–Kier alpha value is -1.56. The van der Waals surface area contributed by atoms with Crippen LogP contribution in [0.15, 0.2) is 29.1 Å². The molecule has 0 bridgehead atoms. The zero-order valence-electron chi connectivity index (χ0n) is 15.0. The van der Waals surface area contributed by atoms with Crippen molar-refractivity contribution in [2.45, 2.75) is 24.6 Å². The maximum Gasteiger partial charge on any atom is 0.273 e. The number of amides is 1. The molecule has 0 aromatic carbocycles. The molecular weight excluding hydrogens is 494 g/mol. The Kier molecular flexibility index (Phi) is 6.61. The minimum absolute atomic E-state index is 0.0160. The Labute approximate surface area is 179 Å². The van der Waals surface area contributed by atoms with Crippen molar-refractivity contribution in [1.29, 1.82) is 0 Å². The second kappa shape index (κ2) is 8.66. The van der Waals surface area contributed by atoms with Gasteiger partial charge in [-0.15, -0.1) is 0 Å². The average molecular weight is 512 g/mol. The Morgan fingerprint density at radius 2 is 2.07 bits per heavy atom. The number of nitrogens with one attached hydrogen (secondary N) is 3. The number of carbonyl (C=O) groups is 1. The van der Waals surface area contributed by atoms with Gasteiger partial charge in [0.05, 0.1) is 24.1 Å². The second-order valence-corrected chi connectivity index (χ2v) is 10.0. The zero-order valence-corrected chi connectivity index (χ0v) is 18.2. The van der Waals surface area contributed by atoms with Crippen molar-refractivity contribution in [3.05, 3.63) is 45.4 Å². The largest absolute Gasteiger partial charge is 0.356 e. The van der Waals surface area contributed by atoms with E-state index in [9.17, 15) is 22.0 Å². The highest BCUT2D eigenvalue weighted by atomic mass is 79.9.